The van der Waals surface area contributed by atoms with Crippen LogP contribution in [-0.4, -0.2) is 145 Å². The molecule has 0 saturated carbocycles. The summed E-state index contributed by atoms with van der Waals surface area (Å²) in [7, 11) is 0. The van der Waals surface area contributed by atoms with E-state index in [-0.39, 0.29) is 78.4 Å². The molecule has 4 rings (SSSR count). The number of rotatable bonds is 5. The lowest BCUT2D eigenvalue weighted by Gasteiger charge is -2.40. The van der Waals surface area contributed by atoms with Crippen molar-refractivity contribution >= 4 is 64.4 Å². The van der Waals surface area contributed by atoms with Crippen LogP contribution in [0, 0.1) is 0 Å². The second-order valence-electron chi connectivity index (χ2n) is 12.7. The summed E-state index contributed by atoms with van der Waals surface area (Å²) in [4.78, 5) is 36.6. The Balaban J connectivity index is 0.000000400. The maximum Gasteiger partial charge on any atom is 0.410 e. The van der Waals surface area contributed by atoms with E-state index in [9.17, 15) is 14.7 Å². The molecule has 278 valence electrons. The molecule has 21 heteroatoms. The Morgan fingerprint density at radius 1 is 0.857 bits per heavy atom. The lowest BCUT2D eigenvalue weighted by Crippen LogP contribution is -2.57. The highest BCUT2D eigenvalue weighted by Crippen LogP contribution is 2.21. The third-order valence-electron chi connectivity index (χ3n) is 6.24. The minimum Gasteiger partial charge on any atom is -0.459 e. The summed E-state index contributed by atoms with van der Waals surface area (Å²) >= 11 is 16.4. The number of aliphatic hydroxyl groups is 2. The molecule has 7 N–H and O–H groups in total. The first-order valence-electron chi connectivity index (χ1n) is 14.9. The van der Waals surface area contributed by atoms with E-state index in [4.69, 9.17) is 60.9 Å². The van der Waals surface area contributed by atoms with Crippen LogP contribution in [0.2, 0.25) is 15.6 Å². The second-order valence-corrected chi connectivity index (χ2v) is 13.7. The lowest BCUT2D eigenvalue weighted by atomic mass is 10.2. The predicted molar refractivity (Wildman–Crippen MR) is 187 cm³/mol. The molecule has 2 fully saturated rings. The zero-order valence-electron chi connectivity index (χ0n) is 27.9. The highest BCUT2D eigenvalue weighted by molar-refractivity contribution is 6.32. The first-order chi connectivity index (χ1) is 22.3. The Labute approximate surface area is 301 Å². The summed E-state index contributed by atoms with van der Waals surface area (Å²) in [5.74, 6) is 0.237. The van der Waals surface area contributed by atoms with Crippen molar-refractivity contribution in [1.29, 1.82) is 0 Å². The molecule has 1 amide bonds. The first kappa shape index (κ1) is 43.9. The van der Waals surface area contributed by atoms with Crippen LogP contribution in [0.5, 0.6) is 0 Å². The van der Waals surface area contributed by atoms with Crippen LogP contribution in [0.25, 0.3) is 0 Å². The molecule has 0 bridgehead atoms. The van der Waals surface area contributed by atoms with E-state index in [0.29, 0.717) is 26.2 Å². The van der Waals surface area contributed by atoms with Gasteiger partial charge in [0.15, 0.2) is 21.9 Å². The molecule has 2 saturated heterocycles. The van der Waals surface area contributed by atoms with Crippen LogP contribution >= 0.6 is 34.8 Å². The number of carbonyl (C=O) groups excluding carboxylic acids is 2. The molecule has 49 heavy (non-hydrogen) atoms. The van der Waals surface area contributed by atoms with Gasteiger partial charge in [0.2, 0.25) is 11.2 Å². The van der Waals surface area contributed by atoms with E-state index in [2.05, 4.69) is 35.7 Å². The Morgan fingerprint density at radius 3 is 1.96 bits per heavy atom. The molecule has 0 radical (unpaired) electrons. The molecule has 2 aromatic heterocycles. The number of esters is 1. The van der Waals surface area contributed by atoms with E-state index >= 15 is 0 Å². The zero-order valence-corrected chi connectivity index (χ0v) is 30.1. The number of hydrogen-bond acceptors (Lipinski definition) is 17. The molecule has 2 aromatic rings. The fourth-order valence-corrected chi connectivity index (χ4v) is 4.51. The molecule has 4 heterocycles. The van der Waals surface area contributed by atoms with Crippen LogP contribution in [0.3, 0.4) is 0 Å². The number of ether oxygens (including phenoxy) is 2. The van der Waals surface area contributed by atoms with Crippen molar-refractivity contribution in [2.75, 3.05) is 75.4 Å². The minimum atomic E-state index is -0.569. The highest BCUT2D eigenvalue weighted by Gasteiger charge is 2.33. The van der Waals surface area contributed by atoms with Crippen LogP contribution < -0.4 is 21.7 Å². The summed E-state index contributed by atoms with van der Waals surface area (Å²) in [5, 5.41) is 36.2. The molecular formula is C28H49Cl3N12O6. The van der Waals surface area contributed by atoms with Crippen LogP contribution in [0.4, 0.5) is 22.4 Å². The van der Waals surface area contributed by atoms with Gasteiger partial charge in [0.25, 0.3) is 0 Å². The molecular weight excluding hydrogens is 707 g/mol. The van der Waals surface area contributed by atoms with Crippen molar-refractivity contribution in [2.45, 2.75) is 72.3 Å². The lowest BCUT2D eigenvalue weighted by molar-refractivity contribution is -0.156. The van der Waals surface area contributed by atoms with E-state index in [1.807, 2.05) is 25.7 Å². The zero-order chi connectivity index (χ0) is 36.2. The number of hydrogen-bond donors (Lipinski definition) is 5. The smallest absolute Gasteiger partial charge is 0.410 e. The number of carbonyl (C=O) groups is 2. The SMILES string of the molecule is C.CC(C)(C)OC(=O)CN1CCN[C@H](CO)C1.CC(C)(C)OC(=O)N1CCN(c2nnc(Cl)c(N)n2)[C@H](CO)C1.Nc1nc(Cl)nnc1Cl. The highest BCUT2D eigenvalue weighted by atomic mass is 35.5. The van der Waals surface area contributed by atoms with Gasteiger partial charge in [-0.05, 0) is 53.1 Å². The summed E-state index contributed by atoms with van der Waals surface area (Å²) in [6.07, 6.45) is -0.412. The van der Waals surface area contributed by atoms with Gasteiger partial charge in [0.05, 0.1) is 25.8 Å². The number of amides is 1. The number of piperazine rings is 2. The number of nitrogens with two attached hydrogens (primary N) is 2. The largest absolute Gasteiger partial charge is 0.459 e. The fraction of sp³-hybridized carbons (Fsp3) is 0.714. The Bertz CT molecular complexity index is 1350. The van der Waals surface area contributed by atoms with Gasteiger partial charge >= 0.3 is 12.1 Å². The average Bonchev–Trinajstić information content (AvgIpc) is 2.99. The van der Waals surface area contributed by atoms with Crippen molar-refractivity contribution in [3.63, 3.8) is 0 Å². The number of anilines is 3. The Kier molecular flexibility index (Phi) is 17.8. The van der Waals surface area contributed by atoms with Gasteiger partial charge in [-0.3, -0.25) is 9.69 Å². The summed E-state index contributed by atoms with van der Waals surface area (Å²) in [6.45, 7) is 14.7. The minimum absolute atomic E-state index is 0. The normalized spacial score (nSPS) is 18.2. The van der Waals surface area contributed by atoms with Gasteiger partial charge in [-0.1, -0.05) is 30.6 Å². The Hall–Kier alpha value is -3.13. The number of aliphatic hydroxyl groups excluding tert-OH is 2. The molecule has 18 nitrogen and oxygen atoms in total. The van der Waals surface area contributed by atoms with Gasteiger partial charge in [0.1, 0.15) is 11.2 Å². The van der Waals surface area contributed by atoms with Gasteiger partial charge in [-0.15, -0.1) is 20.4 Å². The topological polar surface area (TPSA) is 244 Å². The van der Waals surface area contributed by atoms with Crippen LogP contribution in [-0.2, 0) is 14.3 Å². The Morgan fingerprint density at radius 2 is 1.45 bits per heavy atom. The molecule has 2 aliphatic rings. The maximum absolute atomic E-state index is 12.1. The summed E-state index contributed by atoms with van der Waals surface area (Å²) < 4.78 is 10.6. The van der Waals surface area contributed by atoms with E-state index in [1.54, 1.807) is 30.6 Å². The van der Waals surface area contributed by atoms with Gasteiger partial charge in [0, 0.05) is 45.3 Å². The quantitative estimate of drug-likeness (QED) is 0.272. The summed E-state index contributed by atoms with van der Waals surface area (Å²) in [6, 6.07) is -0.310. The van der Waals surface area contributed by atoms with Crippen LogP contribution in [0.15, 0.2) is 0 Å². The molecule has 2 aliphatic heterocycles. The van der Waals surface area contributed by atoms with Crippen molar-refractivity contribution < 1.29 is 29.3 Å². The monoisotopic (exact) mass is 754 g/mol. The van der Waals surface area contributed by atoms with Crippen LogP contribution in [0.1, 0.15) is 49.0 Å². The maximum atomic E-state index is 12.1. The predicted octanol–water partition coefficient (Wildman–Crippen LogP) is 1.52. The number of nitrogens with zero attached hydrogens (tertiary/aromatic N) is 9. The van der Waals surface area contributed by atoms with E-state index in [1.165, 1.54) is 0 Å². The van der Waals surface area contributed by atoms with Crippen molar-refractivity contribution in [1.82, 2.24) is 45.5 Å². The molecule has 0 aromatic carbocycles. The average molecular weight is 756 g/mol. The fourth-order valence-electron chi connectivity index (χ4n) is 4.23. The molecule has 0 unspecified atom stereocenters. The molecule has 0 aliphatic carbocycles. The van der Waals surface area contributed by atoms with Crippen molar-refractivity contribution in [3.05, 3.63) is 15.6 Å². The van der Waals surface area contributed by atoms with E-state index in [0.717, 1.165) is 13.1 Å². The van der Waals surface area contributed by atoms with Gasteiger partial charge in [-0.2, -0.15) is 9.97 Å². The standard InChI is InChI=1S/C13H21ClN6O3.C11H22N2O3.C3H2Cl2N4.CH4/c1-13(2,3)23-12(22)19-4-5-20(8(6-19)7-21)11-16-10(15)9(14)17-18-11;1-11(2,3)16-10(15)7-13-5-4-12-9(6-13)8-14;4-1-2(6)7-3(5)9-8-1;/h8,21H,4-7H2,1-3H3,(H2,15,16,18);9,12,14H,4-8H2,1-3H3;(H2,6,7,9);1H4/t8-;9-;;/m00../s1. The van der Waals surface area contributed by atoms with Crippen molar-refractivity contribution in [2.24, 2.45) is 0 Å². The molecule has 0 spiro atoms. The third-order valence-corrected chi connectivity index (χ3v) is 6.94. The first-order valence-corrected chi connectivity index (χ1v) is 16.1. The van der Waals surface area contributed by atoms with Crippen molar-refractivity contribution in [3.8, 4) is 0 Å². The van der Waals surface area contributed by atoms with Gasteiger partial charge < -0.3 is 46.3 Å². The van der Waals surface area contributed by atoms with E-state index < -0.39 is 17.3 Å². The molecule has 2 atom stereocenters. The number of nitrogen functional groups attached to an aromatic ring is 2. The number of aromatic nitrogens is 6. The number of nitrogens with one attached hydrogen (secondary N) is 1. The second kappa shape index (κ2) is 19.9. The summed E-state index contributed by atoms with van der Waals surface area (Å²) in [5.41, 5.74) is 9.83. The number of halogens is 3. The van der Waals surface area contributed by atoms with Gasteiger partial charge in [-0.25, -0.2) is 4.79 Å². The third kappa shape index (κ3) is 16.0.